The fourth-order valence-electron chi connectivity index (χ4n) is 4.67. The zero-order chi connectivity index (χ0) is 23.7. The topological polar surface area (TPSA) is 72.1 Å². The van der Waals surface area contributed by atoms with Crippen LogP contribution in [0.3, 0.4) is 0 Å². The third-order valence-electron chi connectivity index (χ3n) is 6.34. The number of aliphatic hydroxyl groups is 1. The van der Waals surface area contributed by atoms with Crippen molar-refractivity contribution in [2.24, 2.45) is 0 Å². The summed E-state index contributed by atoms with van der Waals surface area (Å²) in [4.78, 5) is 7.10. The van der Waals surface area contributed by atoms with Crippen molar-refractivity contribution in [3.05, 3.63) is 66.1 Å². The van der Waals surface area contributed by atoms with Crippen molar-refractivity contribution in [2.75, 3.05) is 32.3 Å². The van der Waals surface area contributed by atoms with Gasteiger partial charge in [-0.1, -0.05) is 24.3 Å². The van der Waals surface area contributed by atoms with Crippen LogP contribution < -0.4 is 9.64 Å². The number of benzene rings is 2. The highest BCUT2D eigenvalue weighted by Crippen LogP contribution is 2.36. The van der Waals surface area contributed by atoms with Gasteiger partial charge in [-0.05, 0) is 42.7 Å². The van der Waals surface area contributed by atoms with Gasteiger partial charge in [0.15, 0.2) is 5.65 Å². The molecule has 7 nitrogen and oxygen atoms in total. The summed E-state index contributed by atoms with van der Waals surface area (Å²) in [5.41, 5.74) is 4.07. The minimum absolute atomic E-state index is 0.0192. The lowest BCUT2D eigenvalue weighted by Gasteiger charge is -2.25. The van der Waals surface area contributed by atoms with Crippen LogP contribution in [-0.2, 0) is 11.3 Å². The molecule has 0 spiro atoms. The standard InChI is InChI=1S/C26H27FN4O3/c1-33-16-22-25(17-9-11-19(34-2)12-10-17)26-28-24(30-13-5-6-18(30)15-32)14-23(31(26)29-22)20-7-3-4-8-21(20)27/h3-4,7-12,14,18,32H,5-6,13,15-16H2,1-2H3/t18-/m0/s1. The first kappa shape index (κ1) is 22.3. The molecule has 2 aromatic heterocycles. The Kier molecular flexibility index (Phi) is 6.17. The van der Waals surface area contributed by atoms with Crippen LogP contribution in [0.5, 0.6) is 5.75 Å². The molecule has 2 aromatic carbocycles. The van der Waals surface area contributed by atoms with Crippen LogP contribution in [0.15, 0.2) is 54.6 Å². The predicted octanol–water partition coefficient (Wildman–Crippen LogP) is 4.32. The van der Waals surface area contributed by atoms with E-state index in [0.717, 1.165) is 36.3 Å². The first-order valence-electron chi connectivity index (χ1n) is 11.3. The summed E-state index contributed by atoms with van der Waals surface area (Å²) in [6.07, 6.45) is 1.85. The van der Waals surface area contributed by atoms with Gasteiger partial charge in [-0.3, -0.25) is 0 Å². The number of aliphatic hydroxyl groups excluding tert-OH is 1. The molecule has 0 bridgehead atoms. The van der Waals surface area contributed by atoms with Gasteiger partial charge < -0.3 is 19.5 Å². The van der Waals surface area contributed by atoms with E-state index in [2.05, 4.69) is 4.90 Å². The van der Waals surface area contributed by atoms with Gasteiger partial charge in [-0.2, -0.15) is 5.10 Å². The van der Waals surface area contributed by atoms with Crippen LogP contribution in [0.2, 0.25) is 0 Å². The molecule has 34 heavy (non-hydrogen) atoms. The van der Waals surface area contributed by atoms with E-state index in [0.29, 0.717) is 28.4 Å². The van der Waals surface area contributed by atoms with Gasteiger partial charge in [-0.15, -0.1) is 0 Å². The summed E-state index contributed by atoms with van der Waals surface area (Å²) in [6.45, 7) is 1.10. The molecule has 0 amide bonds. The maximum atomic E-state index is 15.0. The van der Waals surface area contributed by atoms with E-state index >= 15 is 0 Å². The van der Waals surface area contributed by atoms with Crippen molar-refractivity contribution in [3.8, 4) is 28.1 Å². The molecule has 0 saturated carbocycles. The Morgan fingerprint density at radius 3 is 2.62 bits per heavy atom. The third-order valence-corrected chi connectivity index (χ3v) is 6.34. The maximum Gasteiger partial charge on any atom is 0.166 e. The second kappa shape index (κ2) is 9.40. The summed E-state index contributed by atoms with van der Waals surface area (Å²) in [6, 6.07) is 16.2. The molecule has 1 aliphatic heterocycles. The van der Waals surface area contributed by atoms with Gasteiger partial charge in [0.2, 0.25) is 0 Å². The number of fused-ring (bicyclic) bond motifs is 1. The molecule has 8 heteroatoms. The molecule has 1 fully saturated rings. The predicted molar refractivity (Wildman–Crippen MR) is 129 cm³/mol. The van der Waals surface area contributed by atoms with Crippen molar-refractivity contribution in [1.29, 1.82) is 0 Å². The Balaban J connectivity index is 1.80. The monoisotopic (exact) mass is 462 g/mol. The fraction of sp³-hybridized carbons (Fsp3) is 0.308. The van der Waals surface area contributed by atoms with Crippen LogP contribution in [0.25, 0.3) is 28.0 Å². The SMILES string of the molecule is COCc1nn2c(-c3ccccc3F)cc(N3CCC[C@H]3CO)nc2c1-c1ccc(OC)cc1. The molecule has 1 atom stereocenters. The van der Waals surface area contributed by atoms with Crippen molar-refractivity contribution < 1.29 is 19.0 Å². The van der Waals surface area contributed by atoms with E-state index in [1.807, 2.05) is 30.3 Å². The summed E-state index contributed by atoms with van der Waals surface area (Å²) >= 11 is 0. The quantitative estimate of drug-likeness (QED) is 0.441. The lowest BCUT2D eigenvalue weighted by molar-refractivity contribution is 0.181. The minimum atomic E-state index is -0.337. The zero-order valence-corrected chi connectivity index (χ0v) is 19.2. The van der Waals surface area contributed by atoms with Crippen molar-refractivity contribution in [3.63, 3.8) is 0 Å². The van der Waals surface area contributed by atoms with Gasteiger partial charge in [0, 0.05) is 25.3 Å². The summed E-state index contributed by atoms with van der Waals surface area (Å²) in [5.74, 6) is 1.11. The summed E-state index contributed by atoms with van der Waals surface area (Å²) < 4.78 is 27.4. The Morgan fingerprint density at radius 1 is 1.12 bits per heavy atom. The van der Waals surface area contributed by atoms with Crippen molar-refractivity contribution in [2.45, 2.75) is 25.5 Å². The molecule has 1 N–H and O–H groups in total. The largest absolute Gasteiger partial charge is 0.497 e. The lowest BCUT2D eigenvalue weighted by Crippen LogP contribution is -2.32. The Labute approximate surface area is 197 Å². The van der Waals surface area contributed by atoms with E-state index in [4.69, 9.17) is 19.6 Å². The summed E-state index contributed by atoms with van der Waals surface area (Å²) in [5, 5.41) is 14.7. The smallest absolute Gasteiger partial charge is 0.166 e. The van der Waals surface area contributed by atoms with E-state index in [1.165, 1.54) is 6.07 Å². The number of rotatable bonds is 7. The Morgan fingerprint density at radius 2 is 1.91 bits per heavy atom. The number of hydrogen-bond acceptors (Lipinski definition) is 6. The fourth-order valence-corrected chi connectivity index (χ4v) is 4.67. The highest BCUT2D eigenvalue weighted by atomic mass is 19.1. The highest BCUT2D eigenvalue weighted by molar-refractivity contribution is 5.83. The average Bonchev–Trinajstić information content (AvgIpc) is 3.48. The molecule has 3 heterocycles. The molecular weight excluding hydrogens is 435 g/mol. The van der Waals surface area contributed by atoms with Crippen molar-refractivity contribution in [1.82, 2.24) is 14.6 Å². The molecule has 0 radical (unpaired) electrons. The van der Waals surface area contributed by atoms with E-state index in [-0.39, 0.29) is 25.1 Å². The molecule has 0 aliphatic carbocycles. The zero-order valence-electron chi connectivity index (χ0n) is 19.2. The van der Waals surface area contributed by atoms with Gasteiger partial charge in [0.25, 0.3) is 0 Å². The number of hydrogen-bond donors (Lipinski definition) is 1. The molecular formula is C26H27FN4O3. The van der Waals surface area contributed by atoms with Crippen LogP contribution in [0, 0.1) is 5.82 Å². The van der Waals surface area contributed by atoms with Gasteiger partial charge in [0.05, 0.1) is 43.3 Å². The third kappa shape index (κ3) is 3.89. The molecule has 0 unspecified atom stereocenters. The van der Waals surface area contributed by atoms with Gasteiger partial charge in [0.1, 0.15) is 17.4 Å². The van der Waals surface area contributed by atoms with E-state index in [9.17, 15) is 9.50 Å². The Bertz CT molecular complexity index is 1310. The van der Waals surface area contributed by atoms with E-state index < -0.39 is 0 Å². The second-order valence-electron chi connectivity index (χ2n) is 8.37. The molecule has 1 saturated heterocycles. The maximum absolute atomic E-state index is 15.0. The number of anilines is 1. The van der Waals surface area contributed by atoms with Crippen LogP contribution in [0.1, 0.15) is 18.5 Å². The molecule has 176 valence electrons. The molecule has 5 rings (SSSR count). The van der Waals surface area contributed by atoms with Gasteiger partial charge in [-0.25, -0.2) is 13.9 Å². The van der Waals surface area contributed by atoms with Crippen molar-refractivity contribution >= 4 is 11.5 Å². The van der Waals surface area contributed by atoms with Gasteiger partial charge >= 0.3 is 0 Å². The summed E-state index contributed by atoms with van der Waals surface area (Å²) in [7, 11) is 3.25. The van der Waals surface area contributed by atoms with Crippen LogP contribution >= 0.6 is 0 Å². The number of halogens is 1. The first-order valence-corrected chi connectivity index (χ1v) is 11.3. The Hall–Kier alpha value is -3.49. The normalized spacial score (nSPS) is 15.9. The highest BCUT2D eigenvalue weighted by Gasteiger charge is 2.28. The van der Waals surface area contributed by atoms with E-state index in [1.54, 1.807) is 36.9 Å². The number of ether oxygens (including phenoxy) is 2. The number of nitrogens with zero attached hydrogens (tertiary/aromatic N) is 4. The number of aromatic nitrogens is 3. The minimum Gasteiger partial charge on any atom is -0.497 e. The average molecular weight is 463 g/mol. The van der Waals surface area contributed by atoms with Crippen LogP contribution in [-0.4, -0.2) is 53.1 Å². The lowest BCUT2D eigenvalue weighted by atomic mass is 10.1. The first-order chi connectivity index (χ1) is 16.6. The number of methoxy groups -OCH3 is 2. The molecule has 4 aromatic rings. The second-order valence-corrected chi connectivity index (χ2v) is 8.37. The van der Waals surface area contributed by atoms with Crippen LogP contribution in [0.4, 0.5) is 10.2 Å². The molecule has 1 aliphatic rings.